The van der Waals surface area contributed by atoms with Crippen LogP contribution in [0.2, 0.25) is 0 Å². The van der Waals surface area contributed by atoms with Gasteiger partial charge in [-0.05, 0) is 83.5 Å². The van der Waals surface area contributed by atoms with Gasteiger partial charge in [0.2, 0.25) is 0 Å². The molecular formula is C61H108O6. The predicted molar refractivity (Wildman–Crippen MR) is 288 cm³/mol. The third-order valence-electron chi connectivity index (χ3n) is 12.5. The molecule has 0 rings (SSSR count). The fourth-order valence-electron chi connectivity index (χ4n) is 8.19. The predicted octanol–water partition coefficient (Wildman–Crippen LogP) is 19.2. The Hall–Kier alpha value is -2.89. The van der Waals surface area contributed by atoms with Crippen LogP contribution >= 0.6 is 0 Å². The molecular weight excluding hydrogens is 829 g/mol. The van der Waals surface area contributed by atoms with E-state index in [2.05, 4.69) is 81.5 Å². The molecule has 1 atom stereocenters. The lowest BCUT2D eigenvalue weighted by Crippen LogP contribution is -2.30. The Balaban J connectivity index is 4.24. The molecule has 0 aromatic carbocycles. The molecule has 6 heteroatoms. The molecule has 1 unspecified atom stereocenters. The van der Waals surface area contributed by atoms with Gasteiger partial charge < -0.3 is 14.2 Å². The van der Waals surface area contributed by atoms with Crippen LogP contribution in [0.4, 0.5) is 0 Å². The highest BCUT2D eigenvalue weighted by atomic mass is 16.6. The number of unbranched alkanes of at least 4 members (excludes halogenated alkanes) is 31. The molecule has 0 amide bonds. The lowest BCUT2D eigenvalue weighted by atomic mass is 10.0. The van der Waals surface area contributed by atoms with Crippen LogP contribution in [0, 0.1) is 0 Å². The van der Waals surface area contributed by atoms with E-state index in [1.807, 2.05) is 0 Å². The molecule has 0 bridgehead atoms. The lowest BCUT2D eigenvalue weighted by molar-refractivity contribution is -0.167. The standard InChI is InChI=1S/C61H108O6/c1-4-7-10-13-16-19-21-23-25-27-28-29-30-31-32-34-35-37-39-42-45-48-51-54-60(63)66-57-58(56-65-59(62)53-50-47-44-41-18-15-12-9-6-3)67-61(64)55-52-49-46-43-40-38-36-33-26-24-22-20-17-14-11-8-5-2/h8,11,17,20-21,23-24,26-28,58H,4-7,9-10,12-16,18-19,22,25,29-57H2,1-3H3/b11-8-,20-17-,23-21-,26-24-,28-27-. The maximum absolute atomic E-state index is 12.8. The maximum Gasteiger partial charge on any atom is 0.306 e. The van der Waals surface area contributed by atoms with Gasteiger partial charge in [-0.15, -0.1) is 0 Å². The zero-order valence-electron chi connectivity index (χ0n) is 44.4. The summed E-state index contributed by atoms with van der Waals surface area (Å²) in [4.78, 5) is 38.0. The molecule has 67 heavy (non-hydrogen) atoms. The first-order chi connectivity index (χ1) is 33.0. The molecule has 6 nitrogen and oxygen atoms in total. The number of hydrogen-bond acceptors (Lipinski definition) is 6. The third kappa shape index (κ3) is 53.9. The van der Waals surface area contributed by atoms with E-state index in [1.165, 1.54) is 161 Å². The Labute approximate surface area is 415 Å². The minimum absolute atomic E-state index is 0.0768. The van der Waals surface area contributed by atoms with Gasteiger partial charge in [-0.1, -0.05) is 248 Å². The Bertz CT molecular complexity index is 1210. The van der Waals surface area contributed by atoms with E-state index >= 15 is 0 Å². The number of carbonyl (C=O) groups excluding carboxylic acids is 3. The molecule has 0 saturated heterocycles. The van der Waals surface area contributed by atoms with Crippen molar-refractivity contribution in [2.24, 2.45) is 0 Å². The van der Waals surface area contributed by atoms with Crippen LogP contribution in [0.1, 0.15) is 290 Å². The van der Waals surface area contributed by atoms with Gasteiger partial charge in [0.25, 0.3) is 0 Å². The summed E-state index contributed by atoms with van der Waals surface area (Å²) in [6.07, 6.45) is 69.3. The molecule has 0 aliphatic rings. The van der Waals surface area contributed by atoms with Crippen LogP contribution in [-0.2, 0) is 28.6 Å². The first-order valence-electron chi connectivity index (χ1n) is 28.8. The van der Waals surface area contributed by atoms with Crippen molar-refractivity contribution in [3.8, 4) is 0 Å². The van der Waals surface area contributed by atoms with Crippen molar-refractivity contribution in [3.63, 3.8) is 0 Å². The van der Waals surface area contributed by atoms with Gasteiger partial charge >= 0.3 is 17.9 Å². The van der Waals surface area contributed by atoms with E-state index in [0.717, 1.165) is 89.9 Å². The monoisotopic (exact) mass is 937 g/mol. The molecule has 0 aliphatic carbocycles. The smallest absolute Gasteiger partial charge is 0.306 e. The third-order valence-corrected chi connectivity index (χ3v) is 12.5. The van der Waals surface area contributed by atoms with Gasteiger partial charge in [0, 0.05) is 19.3 Å². The van der Waals surface area contributed by atoms with Gasteiger partial charge in [0.05, 0.1) is 0 Å². The minimum Gasteiger partial charge on any atom is -0.462 e. The highest BCUT2D eigenvalue weighted by Gasteiger charge is 2.19. The number of carbonyl (C=O) groups is 3. The van der Waals surface area contributed by atoms with E-state index in [0.29, 0.717) is 19.3 Å². The Kier molecular flexibility index (Phi) is 53.3. The summed E-state index contributed by atoms with van der Waals surface area (Å²) >= 11 is 0. The second-order valence-corrected chi connectivity index (χ2v) is 19.2. The number of esters is 3. The van der Waals surface area contributed by atoms with E-state index in [-0.39, 0.29) is 31.1 Å². The van der Waals surface area contributed by atoms with Crippen molar-refractivity contribution in [1.29, 1.82) is 0 Å². The van der Waals surface area contributed by atoms with E-state index < -0.39 is 6.10 Å². The zero-order valence-corrected chi connectivity index (χ0v) is 44.4. The van der Waals surface area contributed by atoms with E-state index in [4.69, 9.17) is 14.2 Å². The van der Waals surface area contributed by atoms with Crippen molar-refractivity contribution >= 4 is 17.9 Å². The fourth-order valence-corrected chi connectivity index (χ4v) is 8.19. The molecule has 0 aromatic rings. The molecule has 388 valence electrons. The minimum atomic E-state index is -0.777. The van der Waals surface area contributed by atoms with Crippen molar-refractivity contribution in [3.05, 3.63) is 60.8 Å². The SMILES string of the molecule is CC/C=C\C/C=C\C/C=C\CCCCCCCCCC(=O)OC(COC(=O)CCCCCCCCCCC)COC(=O)CCCCCCCCCCCCC/C=C\C/C=C\CCCCCCC. The maximum atomic E-state index is 12.8. The van der Waals surface area contributed by atoms with Crippen LogP contribution in [0.25, 0.3) is 0 Å². The molecule has 0 radical (unpaired) electrons. The zero-order chi connectivity index (χ0) is 48.6. The largest absolute Gasteiger partial charge is 0.462 e. The van der Waals surface area contributed by atoms with Crippen molar-refractivity contribution in [1.82, 2.24) is 0 Å². The first-order valence-corrected chi connectivity index (χ1v) is 28.8. The summed E-state index contributed by atoms with van der Waals surface area (Å²) in [5, 5.41) is 0. The summed E-state index contributed by atoms with van der Waals surface area (Å²) in [6, 6.07) is 0. The van der Waals surface area contributed by atoms with E-state index in [1.54, 1.807) is 0 Å². The average molecular weight is 938 g/mol. The van der Waals surface area contributed by atoms with Crippen molar-refractivity contribution < 1.29 is 28.6 Å². The molecule has 0 aromatic heterocycles. The van der Waals surface area contributed by atoms with Gasteiger partial charge in [-0.3, -0.25) is 14.4 Å². The summed E-state index contributed by atoms with van der Waals surface area (Å²) in [5.41, 5.74) is 0. The number of rotatable bonds is 52. The van der Waals surface area contributed by atoms with Gasteiger partial charge in [-0.2, -0.15) is 0 Å². The summed E-state index contributed by atoms with van der Waals surface area (Å²) in [6.45, 7) is 6.51. The van der Waals surface area contributed by atoms with Crippen molar-refractivity contribution in [2.75, 3.05) is 13.2 Å². The first kappa shape index (κ1) is 64.1. The van der Waals surface area contributed by atoms with Crippen molar-refractivity contribution in [2.45, 2.75) is 297 Å². The molecule has 0 spiro atoms. The molecule has 0 heterocycles. The second-order valence-electron chi connectivity index (χ2n) is 19.2. The van der Waals surface area contributed by atoms with Crippen LogP contribution in [0.15, 0.2) is 60.8 Å². The molecule has 0 saturated carbocycles. The Morgan fingerprint density at radius 3 is 0.910 bits per heavy atom. The van der Waals surface area contributed by atoms with Crippen LogP contribution in [0.5, 0.6) is 0 Å². The summed E-state index contributed by atoms with van der Waals surface area (Å²) in [7, 11) is 0. The second kappa shape index (κ2) is 55.7. The van der Waals surface area contributed by atoms with Crippen LogP contribution in [-0.4, -0.2) is 37.2 Å². The fraction of sp³-hybridized carbons (Fsp3) is 0.787. The average Bonchev–Trinajstić information content (AvgIpc) is 3.33. The molecule has 0 aliphatic heterocycles. The molecule has 0 N–H and O–H groups in total. The normalized spacial score (nSPS) is 12.5. The summed E-state index contributed by atoms with van der Waals surface area (Å²) in [5.74, 6) is -0.882. The summed E-state index contributed by atoms with van der Waals surface area (Å²) < 4.78 is 16.8. The number of allylic oxidation sites excluding steroid dienone is 10. The Morgan fingerprint density at radius 1 is 0.313 bits per heavy atom. The van der Waals surface area contributed by atoms with E-state index in [9.17, 15) is 14.4 Å². The number of hydrogen-bond donors (Lipinski definition) is 0. The molecule has 0 fully saturated rings. The van der Waals surface area contributed by atoms with Crippen LogP contribution in [0.3, 0.4) is 0 Å². The van der Waals surface area contributed by atoms with Gasteiger partial charge in [0.1, 0.15) is 13.2 Å². The highest BCUT2D eigenvalue weighted by Crippen LogP contribution is 2.16. The van der Waals surface area contributed by atoms with Gasteiger partial charge in [0.15, 0.2) is 6.10 Å². The number of ether oxygens (including phenoxy) is 3. The topological polar surface area (TPSA) is 78.9 Å². The van der Waals surface area contributed by atoms with Crippen LogP contribution < -0.4 is 0 Å². The van der Waals surface area contributed by atoms with Gasteiger partial charge in [-0.25, -0.2) is 0 Å². The Morgan fingerprint density at radius 2 is 0.582 bits per heavy atom. The highest BCUT2D eigenvalue weighted by molar-refractivity contribution is 5.71. The quantitative estimate of drug-likeness (QED) is 0.0262. The lowest BCUT2D eigenvalue weighted by Gasteiger charge is -2.18.